The van der Waals surface area contributed by atoms with Crippen LogP contribution in [0.25, 0.3) is 0 Å². The number of rotatable bonds is 13. The predicted octanol–water partition coefficient (Wildman–Crippen LogP) is 6.19. The molecule has 4 aromatic rings. The van der Waals surface area contributed by atoms with Crippen molar-refractivity contribution in [2.24, 2.45) is 0 Å². The van der Waals surface area contributed by atoms with E-state index < -0.39 is 34.3 Å². The van der Waals surface area contributed by atoms with Gasteiger partial charge in [-0.1, -0.05) is 79.2 Å². The minimum Gasteiger partial charge on any atom is -0.352 e. The first-order chi connectivity index (χ1) is 21.5. The summed E-state index contributed by atoms with van der Waals surface area (Å²) in [5, 5.41) is 3.01. The molecule has 0 aliphatic rings. The van der Waals surface area contributed by atoms with Crippen molar-refractivity contribution in [1.82, 2.24) is 10.2 Å². The third kappa shape index (κ3) is 8.79. The molecule has 0 aromatic heterocycles. The number of carbonyl (C=O) groups excluding carboxylic acids is 2. The average Bonchev–Trinajstić information content (AvgIpc) is 3.02. The number of hydrogen-bond acceptors (Lipinski definition) is 4. The van der Waals surface area contributed by atoms with Crippen LogP contribution in [0.4, 0.5) is 10.1 Å². The lowest BCUT2D eigenvalue weighted by atomic mass is 10.0. The molecule has 0 unspecified atom stereocenters. The van der Waals surface area contributed by atoms with Crippen LogP contribution < -0.4 is 9.62 Å². The Labute approximate surface area is 265 Å². The number of nitrogens with zero attached hydrogens (tertiary/aromatic N) is 2. The van der Waals surface area contributed by atoms with Gasteiger partial charge >= 0.3 is 0 Å². The Hall–Kier alpha value is -4.50. The minimum atomic E-state index is -4.19. The summed E-state index contributed by atoms with van der Waals surface area (Å²) in [6.45, 7) is 6.96. The summed E-state index contributed by atoms with van der Waals surface area (Å²) >= 11 is 0. The van der Waals surface area contributed by atoms with Gasteiger partial charge in [-0.3, -0.25) is 13.9 Å². The molecular weight excluding hydrogens is 589 g/mol. The molecule has 0 aliphatic carbocycles. The molecule has 0 aliphatic heterocycles. The zero-order chi connectivity index (χ0) is 32.6. The van der Waals surface area contributed by atoms with Gasteiger partial charge in [0.05, 0.1) is 10.6 Å². The number of aryl methyl sites for hydroxylation is 2. The first-order valence-electron chi connectivity index (χ1n) is 15.0. The van der Waals surface area contributed by atoms with E-state index in [0.717, 1.165) is 21.0 Å². The van der Waals surface area contributed by atoms with Crippen molar-refractivity contribution < 1.29 is 22.4 Å². The molecule has 9 heteroatoms. The standard InChI is InChI=1S/C36H40FN3O4S/c1-5-28(4)38-36(42)34(23-29-11-7-6-8-12-29)39(24-30-16-18-31(37)19-17-30)35(41)25-40(32-13-9-10-27(3)22-32)45(43,44)33-20-14-26(2)15-21-33/h6-22,28,34H,5,23-25H2,1-4H3,(H,38,42)/t28-,34-/m0/s1. The van der Waals surface area contributed by atoms with Crippen LogP contribution in [0, 0.1) is 19.7 Å². The highest BCUT2D eigenvalue weighted by Gasteiger charge is 2.35. The van der Waals surface area contributed by atoms with Crippen molar-refractivity contribution in [3.63, 3.8) is 0 Å². The van der Waals surface area contributed by atoms with E-state index in [2.05, 4.69) is 5.32 Å². The quantitative estimate of drug-likeness (QED) is 0.191. The fraction of sp³-hybridized carbons (Fsp3) is 0.278. The van der Waals surface area contributed by atoms with Crippen molar-refractivity contribution in [3.05, 3.63) is 131 Å². The Kier molecular flexibility index (Phi) is 11.1. The van der Waals surface area contributed by atoms with Crippen molar-refractivity contribution >= 4 is 27.5 Å². The highest BCUT2D eigenvalue weighted by atomic mass is 32.2. The molecule has 0 bridgehead atoms. The maximum absolute atomic E-state index is 14.5. The fourth-order valence-corrected chi connectivity index (χ4v) is 6.34. The molecule has 45 heavy (non-hydrogen) atoms. The summed E-state index contributed by atoms with van der Waals surface area (Å²) in [7, 11) is -4.19. The van der Waals surface area contributed by atoms with Crippen LogP contribution in [0.5, 0.6) is 0 Å². The molecule has 4 aromatic carbocycles. The van der Waals surface area contributed by atoms with E-state index in [4.69, 9.17) is 0 Å². The van der Waals surface area contributed by atoms with E-state index >= 15 is 0 Å². The van der Waals surface area contributed by atoms with Crippen molar-refractivity contribution in [2.45, 2.75) is 64.1 Å². The van der Waals surface area contributed by atoms with Gasteiger partial charge in [0.2, 0.25) is 11.8 Å². The SMILES string of the molecule is CC[C@H](C)NC(=O)[C@H](Cc1ccccc1)N(Cc1ccc(F)cc1)C(=O)CN(c1cccc(C)c1)S(=O)(=O)c1ccc(C)cc1. The molecule has 0 saturated carbocycles. The topological polar surface area (TPSA) is 86.8 Å². The van der Waals surface area contributed by atoms with Gasteiger partial charge in [-0.05, 0) is 80.3 Å². The maximum Gasteiger partial charge on any atom is 0.264 e. The monoisotopic (exact) mass is 629 g/mol. The molecule has 2 atom stereocenters. The van der Waals surface area contributed by atoms with Crippen LogP contribution in [0.15, 0.2) is 108 Å². The van der Waals surface area contributed by atoms with Gasteiger partial charge in [-0.25, -0.2) is 12.8 Å². The van der Waals surface area contributed by atoms with Gasteiger partial charge in [0.25, 0.3) is 10.0 Å². The first-order valence-corrected chi connectivity index (χ1v) is 16.5. The van der Waals surface area contributed by atoms with Crippen molar-refractivity contribution in [2.75, 3.05) is 10.8 Å². The summed E-state index contributed by atoms with van der Waals surface area (Å²) in [5.41, 5.74) is 3.48. The molecule has 0 saturated heterocycles. The second kappa shape index (κ2) is 15.0. The number of halogens is 1. The van der Waals surface area contributed by atoms with E-state index in [1.165, 1.54) is 29.2 Å². The zero-order valence-electron chi connectivity index (χ0n) is 26.1. The van der Waals surface area contributed by atoms with Crippen LogP contribution in [-0.4, -0.2) is 43.8 Å². The predicted molar refractivity (Wildman–Crippen MR) is 176 cm³/mol. The number of benzene rings is 4. The second-order valence-electron chi connectivity index (χ2n) is 11.3. The Bertz CT molecular complexity index is 1690. The lowest BCUT2D eigenvalue weighted by Gasteiger charge is -2.34. The molecule has 0 radical (unpaired) electrons. The molecule has 236 valence electrons. The van der Waals surface area contributed by atoms with Gasteiger partial charge in [0, 0.05) is 19.0 Å². The highest BCUT2D eigenvalue weighted by Crippen LogP contribution is 2.26. The van der Waals surface area contributed by atoms with Crippen LogP contribution in [0.3, 0.4) is 0 Å². The van der Waals surface area contributed by atoms with Gasteiger partial charge in [-0.15, -0.1) is 0 Å². The van der Waals surface area contributed by atoms with Gasteiger partial charge < -0.3 is 10.2 Å². The molecular formula is C36H40FN3O4S. The second-order valence-corrected chi connectivity index (χ2v) is 13.2. The summed E-state index contributed by atoms with van der Waals surface area (Å²) in [6.07, 6.45) is 0.886. The molecule has 0 spiro atoms. The number of sulfonamides is 1. The van der Waals surface area contributed by atoms with E-state index in [1.54, 1.807) is 42.5 Å². The molecule has 0 heterocycles. The largest absolute Gasteiger partial charge is 0.352 e. The molecule has 1 N–H and O–H groups in total. The first kappa shape index (κ1) is 33.4. The molecule has 4 rings (SSSR count). The Balaban J connectivity index is 1.80. The van der Waals surface area contributed by atoms with Crippen molar-refractivity contribution in [3.8, 4) is 0 Å². The van der Waals surface area contributed by atoms with Crippen LogP contribution in [0.1, 0.15) is 42.5 Å². The van der Waals surface area contributed by atoms with E-state index in [0.29, 0.717) is 17.7 Å². The number of carbonyl (C=O) groups is 2. The van der Waals surface area contributed by atoms with E-state index in [9.17, 15) is 22.4 Å². The lowest BCUT2D eigenvalue weighted by molar-refractivity contribution is -0.140. The maximum atomic E-state index is 14.5. The van der Waals surface area contributed by atoms with Crippen LogP contribution >= 0.6 is 0 Å². The van der Waals surface area contributed by atoms with E-state index in [-0.39, 0.29) is 29.8 Å². The third-order valence-corrected chi connectivity index (χ3v) is 9.50. The lowest BCUT2D eigenvalue weighted by Crippen LogP contribution is -2.54. The van der Waals surface area contributed by atoms with Crippen molar-refractivity contribution in [1.29, 1.82) is 0 Å². The summed E-state index contributed by atoms with van der Waals surface area (Å²) < 4.78 is 43.2. The number of hydrogen-bond donors (Lipinski definition) is 1. The van der Waals surface area contributed by atoms with Crippen LogP contribution in [0.2, 0.25) is 0 Å². The fourth-order valence-electron chi connectivity index (χ4n) is 4.93. The Morgan fingerprint density at radius 1 is 0.822 bits per heavy atom. The Morgan fingerprint density at radius 2 is 1.49 bits per heavy atom. The van der Waals surface area contributed by atoms with Gasteiger partial charge in [0.1, 0.15) is 18.4 Å². The number of nitrogens with one attached hydrogen (secondary N) is 1. The average molecular weight is 630 g/mol. The van der Waals surface area contributed by atoms with Gasteiger partial charge in [0.15, 0.2) is 0 Å². The summed E-state index contributed by atoms with van der Waals surface area (Å²) in [6, 6.07) is 27.3. The molecule has 7 nitrogen and oxygen atoms in total. The normalized spacial score (nSPS) is 12.6. The van der Waals surface area contributed by atoms with Crippen LogP contribution in [-0.2, 0) is 32.6 Å². The summed E-state index contributed by atoms with van der Waals surface area (Å²) in [4.78, 5) is 29.8. The minimum absolute atomic E-state index is 0.0310. The number of anilines is 1. The van der Waals surface area contributed by atoms with E-state index in [1.807, 2.05) is 64.1 Å². The highest BCUT2D eigenvalue weighted by molar-refractivity contribution is 7.92. The third-order valence-electron chi connectivity index (χ3n) is 7.72. The molecule has 0 fully saturated rings. The molecule has 2 amide bonds. The Morgan fingerprint density at radius 3 is 2.11 bits per heavy atom. The number of amides is 2. The smallest absolute Gasteiger partial charge is 0.264 e. The zero-order valence-corrected chi connectivity index (χ0v) is 26.9. The summed E-state index contributed by atoms with van der Waals surface area (Å²) in [5.74, 6) is -1.36. The van der Waals surface area contributed by atoms with Gasteiger partial charge in [-0.2, -0.15) is 0 Å².